The Morgan fingerprint density at radius 1 is 1.08 bits per heavy atom. The monoisotopic (exact) mass is 499 g/mol. The summed E-state index contributed by atoms with van der Waals surface area (Å²) in [6.07, 6.45) is 6.08. The molecule has 2 amide bonds. The second-order valence-electron chi connectivity index (χ2n) is 10.5. The fraction of sp³-hybridized carbons (Fsp3) is 0.400. The largest absolute Gasteiger partial charge is 0.508 e. The Hall–Kier alpha value is -3.16. The number of carbonyl (C=O) groups is 2. The first-order valence-electron chi connectivity index (χ1n) is 13.3. The molecule has 0 unspecified atom stereocenters. The lowest BCUT2D eigenvalue weighted by Gasteiger charge is -2.42. The van der Waals surface area contributed by atoms with Crippen molar-refractivity contribution >= 4 is 30.7 Å². The molecule has 1 aliphatic carbocycles. The second-order valence-corrected chi connectivity index (χ2v) is 10.5. The van der Waals surface area contributed by atoms with Gasteiger partial charge in [-0.3, -0.25) is 14.5 Å². The molecular weight excluding hydrogens is 465 g/mol. The van der Waals surface area contributed by atoms with Gasteiger partial charge in [0.15, 0.2) is 0 Å². The number of amides is 2. The number of fused-ring (bicyclic) bond motifs is 3. The zero-order valence-electron chi connectivity index (χ0n) is 21.5. The molecule has 192 valence electrons. The maximum Gasteiger partial charge on any atom is 0.455 e. The molecule has 2 aromatic rings. The van der Waals surface area contributed by atoms with Crippen molar-refractivity contribution in [1.82, 2.24) is 0 Å². The summed E-state index contributed by atoms with van der Waals surface area (Å²) >= 11 is 0. The van der Waals surface area contributed by atoms with Gasteiger partial charge < -0.3 is 14.8 Å². The van der Waals surface area contributed by atoms with Crippen molar-refractivity contribution in [1.29, 1.82) is 0 Å². The second kappa shape index (κ2) is 10.7. The van der Waals surface area contributed by atoms with E-state index in [0.29, 0.717) is 24.8 Å². The van der Waals surface area contributed by atoms with E-state index < -0.39 is 19.0 Å². The highest BCUT2D eigenvalue weighted by atomic mass is 16.5. The Bertz CT molecular complexity index is 1240. The fourth-order valence-corrected chi connectivity index (χ4v) is 6.51. The van der Waals surface area contributed by atoms with Crippen LogP contribution in [0.2, 0.25) is 6.32 Å². The molecule has 0 bridgehead atoms. The minimum atomic E-state index is -0.969. The van der Waals surface area contributed by atoms with Gasteiger partial charge in [-0.15, -0.1) is 0 Å². The van der Waals surface area contributed by atoms with E-state index in [2.05, 4.69) is 13.0 Å². The summed E-state index contributed by atoms with van der Waals surface area (Å²) in [4.78, 5) is 28.4. The van der Waals surface area contributed by atoms with Crippen molar-refractivity contribution in [2.24, 2.45) is 17.8 Å². The zero-order valence-corrected chi connectivity index (χ0v) is 21.5. The van der Waals surface area contributed by atoms with Gasteiger partial charge in [-0.05, 0) is 80.2 Å². The Morgan fingerprint density at radius 2 is 1.86 bits per heavy atom. The lowest BCUT2D eigenvalue weighted by atomic mass is 9.58. The number of benzene rings is 2. The third kappa shape index (κ3) is 5.03. The van der Waals surface area contributed by atoms with E-state index in [1.54, 1.807) is 24.3 Å². The Balaban J connectivity index is 1.39. The van der Waals surface area contributed by atoms with Crippen molar-refractivity contribution < 1.29 is 24.4 Å². The van der Waals surface area contributed by atoms with Crippen LogP contribution in [0.1, 0.15) is 51.5 Å². The van der Waals surface area contributed by atoms with Crippen molar-refractivity contribution in [3.63, 3.8) is 0 Å². The highest BCUT2D eigenvalue weighted by Crippen LogP contribution is 2.51. The first-order chi connectivity index (χ1) is 17.9. The number of nitrogens with zero attached hydrogens (tertiary/aromatic N) is 1. The van der Waals surface area contributed by atoms with Gasteiger partial charge in [0.2, 0.25) is 11.8 Å². The molecule has 6 nitrogen and oxygen atoms in total. The summed E-state index contributed by atoms with van der Waals surface area (Å²) in [5.41, 5.74) is 5.01. The first-order valence-corrected chi connectivity index (χ1v) is 13.3. The Labute approximate surface area is 218 Å². The summed E-state index contributed by atoms with van der Waals surface area (Å²) in [6, 6.07) is 16.3. The number of allylic oxidation sites excluding steroid dienone is 2. The molecule has 0 saturated carbocycles. The maximum absolute atomic E-state index is 13.6. The van der Waals surface area contributed by atoms with Gasteiger partial charge in [0.05, 0.1) is 23.6 Å². The number of para-hydroxylation sites is 1. The van der Waals surface area contributed by atoms with Crippen LogP contribution in [-0.4, -0.2) is 35.2 Å². The van der Waals surface area contributed by atoms with Gasteiger partial charge in [0, 0.05) is 0 Å². The summed E-state index contributed by atoms with van der Waals surface area (Å²) in [5.74, 6) is -1.14. The Morgan fingerprint density at radius 3 is 2.59 bits per heavy atom. The fourth-order valence-electron chi connectivity index (χ4n) is 6.51. The van der Waals surface area contributed by atoms with Crippen molar-refractivity contribution in [2.45, 2.75) is 58.4 Å². The zero-order chi connectivity index (χ0) is 26.1. The number of hydrogen-bond donors (Lipinski definition) is 2. The van der Waals surface area contributed by atoms with Crippen LogP contribution in [0.15, 0.2) is 71.3 Å². The number of aromatic hydroxyl groups is 1. The molecule has 37 heavy (non-hydrogen) atoms. The lowest BCUT2D eigenvalue weighted by Crippen LogP contribution is -2.46. The smallest absolute Gasteiger partial charge is 0.455 e. The molecular formula is C30H34BNO5. The number of phenols is 1. The van der Waals surface area contributed by atoms with Gasteiger partial charge in [-0.25, -0.2) is 0 Å². The van der Waals surface area contributed by atoms with Crippen LogP contribution in [0.3, 0.4) is 0 Å². The van der Waals surface area contributed by atoms with Gasteiger partial charge in [-0.2, -0.15) is 0 Å². The van der Waals surface area contributed by atoms with Crippen LogP contribution in [0.25, 0.3) is 6.08 Å². The van der Waals surface area contributed by atoms with E-state index in [1.807, 2.05) is 37.3 Å². The lowest BCUT2D eigenvalue weighted by molar-refractivity contribution is -0.122. The third-order valence-electron chi connectivity index (χ3n) is 8.01. The summed E-state index contributed by atoms with van der Waals surface area (Å²) in [5, 5.41) is 20.5. The SMILES string of the molecule is CCC/C(=C\c1cccc(O)c1)CC[C@H]1OB(O)C[C@H]2C1=C(C)C[C@H]1C(=O)N(c3ccccc3)C(=O)[C@H]12. The number of phenolic OH excluding ortho intramolecular Hbond substituents is 1. The molecule has 5 rings (SSSR count). The predicted molar refractivity (Wildman–Crippen MR) is 145 cm³/mol. The first kappa shape index (κ1) is 25.5. The number of hydrogen-bond acceptors (Lipinski definition) is 5. The van der Waals surface area contributed by atoms with E-state index in [4.69, 9.17) is 4.65 Å². The molecule has 0 radical (unpaired) electrons. The third-order valence-corrected chi connectivity index (χ3v) is 8.01. The van der Waals surface area contributed by atoms with Crippen LogP contribution in [0.4, 0.5) is 5.69 Å². The molecule has 7 heteroatoms. The van der Waals surface area contributed by atoms with Crippen LogP contribution >= 0.6 is 0 Å². The van der Waals surface area contributed by atoms with E-state index in [9.17, 15) is 19.7 Å². The minimum absolute atomic E-state index is 0.142. The van der Waals surface area contributed by atoms with Crippen molar-refractivity contribution in [2.75, 3.05) is 4.90 Å². The van der Waals surface area contributed by atoms with E-state index >= 15 is 0 Å². The molecule has 2 aromatic carbocycles. The molecule has 2 heterocycles. The quantitative estimate of drug-likeness (QED) is 0.304. The molecule has 0 aromatic heterocycles. The van der Waals surface area contributed by atoms with Crippen LogP contribution in [0, 0.1) is 17.8 Å². The van der Waals surface area contributed by atoms with E-state index in [-0.39, 0.29) is 29.6 Å². The highest BCUT2D eigenvalue weighted by molar-refractivity contribution is 6.43. The van der Waals surface area contributed by atoms with Crippen LogP contribution in [0.5, 0.6) is 5.75 Å². The van der Waals surface area contributed by atoms with Gasteiger partial charge in [0.25, 0.3) is 0 Å². The van der Waals surface area contributed by atoms with Crippen molar-refractivity contribution in [3.05, 3.63) is 76.9 Å². The standard InChI is InChI=1S/C30H34BNO5/c1-3-8-20(16-21-9-7-12-23(33)17-21)13-14-26-27-19(2)15-24-28(25(27)18-31(36)37-26)30(35)32(29(24)34)22-10-5-4-6-11-22/h4-7,9-12,16-17,24-26,28,33,36H,3,8,13-15,18H2,1-2H3/b20-16+/t24-,25+,26-,28-/m1/s1. The number of rotatable bonds is 7. The Kier molecular flexibility index (Phi) is 7.36. The molecule has 2 N–H and O–H groups in total. The van der Waals surface area contributed by atoms with Gasteiger partial charge >= 0.3 is 7.12 Å². The summed E-state index contributed by atoms with van der Waals surface area (Å²) < 4.78 is 6.07. The molecule has 2 aliphatic heterocycles. The average Bonchev–Trinajstić information content (AvgIpc) is 3.12. The van der Waals surface area contributed by atoms with E-state index in [0.717, 1.165) is 36.0 Å². The van der Waals surface area contributed by atoms with Crippen molar-refractivity contribution in [3.8, 4) is 5.75 Å². The minimum Gasteiger partial charge on any atom is -0.508 e. The van der Waals surface area contributed by atoms with E-state index in [1.165, 1.54) is 10.5 Å². The highest BCUT2D eigenvalue weighted by Gasteiger charge is 2.57. The molecule has 3 aliphatic rings. The number of carbonyl (C=O) groups excluding carboxylic acids is 2. The number of imide groups is 1. The average molecular weight is 499 g/mol. The molecule has 4 atom stereocenters. The van der Waals surface area contributed by atoms with Gasteiger partial charge in [-0.1, -0.05) is 60.9 Å². The molecule has 2 fully saturated rings. The molecule has 0 spiro atoms. The topological polar surface area (TPSA) is 87.1 Å². The maximum atomic E-state index is 13.6. The van der Waals surface area contributed by atoms with Gasteiger partial charge in [0.1, 0.15) is 5.75 Å². The number of anilines is 1. The van der Waals surface area contributed by atoms with Crippen LogP contribution in [-0.2, 0) is 14.2 Å². The van der Waals surface area contributed by atoms with Crippen LogP contribution < -0.4 is 4.90 Å². The summed E-state index contributed by atoms with van der Waals surface area (Å²) in [6.45, 7) is 4.19. The predicted octanol–water partition coefficient (Wildman–Crippen LogP) is 5.38. The normalized spacial score (nSPS) is 26.0. The molecule has 2 saturated heterocycles. The summed E-state index contributed by atoms with van der Waals surface area (Å²) in [7, 11) is -0.969.